The Labute approximate surface area is 205 Å². The average Bonchev–Trinajstić information content (AvgIpc) is 3.10. The van der Waals surface area contributed by atoms with Gasteiger partial charge in [0, 0.05) is 23.0 Å². The predicted molar refractivity (Wildman–Crippen MR) is 137 cm³/mol. The van der Waals surface area contributed by atoms with Crippen molar-refractivity contribution in [2.45, 2.75) is 46.1 Å². The van der Waals surface area contributed by atoms with E-state index in [1.807, 2.05) is 32.0 Å². The van der Waals surface area contributed by atoms with Crippen LogP contribution < -0.4 is 9.64 Å². The van der Waals surface area contributed by atoms with E-state index in [1.165, 1.54) is 4.90 Å². The van der Waals surface area contributed by atoms with Crippen LogP contribution in [-0.2, 0) is 15.0 Å². The van der Waals surface area contributed by atoms with Crippen LogP contribution >= 0.6 is 0 Å². The summed E-state index contributed by atoms with van der Waals surface area (Å²) in [6.07, 6.45) is 1.61. The minimum absolute atomic E-state index is 0.0123. The molecule has 35 heavy (non-hydrogen) atoms. The number of amides is 1. The van der Waals surface area contributed by atoms with E-state index in [1.54, 1.807) is 48.7 Å². The second-order valence-electron chi connectivity index (χ2n) is 9.65. The molecule has 0 aliphatic carbocycles. The number of carbonyl (C=O) groups excluding carboxylic acids is 2. The number of nitrogens with zero attached hydrogens (tertiary/aromatic N) is 2. The fourth-order valence-electron chi connectivity index (χ4n) is 4.32. The van der Waals surface area contributed by atoms with E-state index in [-0.39, 0.29) is 16.7 Å². The van der Waals surface area contributed by atoms with Crippen LogP contribution in [0.2, 0.25) is 0 Å². The first kappa shape index (κ1) is 24.2. The molecule has 0 spiro atoms. The zero-order chi connectivity index (χ0) is 25.3. The van der Waals surface area contributed by atoms with Gasteiger partial charge in [0.1, 0.15) is 17.6 Å². The highest BCUT2D eigenvalue weighted by Gasteiger charge is 2.47. The molecule has 6 heteroatoms. The first-order valence-corrected chi connectivity index (χ1v) is 11.7. The maximum Gasteiger partial charge on any atom is 0.300 e. The summed E-state index contributed by atoms with van der Waals surface area (Å²) in [7, 11) is 0. The Morgan fingerprint density at radius 2 is 1.77 bits per heavy atom. The zero-order valence-corrected chi connectivity index (χ0v) is 20.7. The Morgan fingerprint density at radius 1 is 1.06 bits per heavy atom. The molecule has 0 radical (unpaired) electrons. The number of ketones is 1. The smallest absolute Gasteiger partial charge is 0.300 e. The maximum absolute atomic E-state index is 13.3. The summed E-state index contributed by atoms with van der Waals surface area (Å²) in [5.41, 5.74) is 3.18. The van der Waals surface area contributed by atoms with E-state index in [0.29, 0.717) is 23.6 Å². The maximum atomic E-state index is 13.3. The van der Waals surface area contributed by atoms with Crippen molar-refractivity contribution < 1.29 is 19.4 Å². The normalized spacial score (nSPS) is 17.6. The van der Waals surface area contributed by atoms with E-state index in [4.69, 9.17) is 4.74 Å². The Bertz CT molecular complexity index is 1290. The van der Waals surface area contributed by atoms with Crippen LogP contribution in [0.3, 0.4) is 0 Å². The largest absolute Gasteiger partial charge is 0.507 e. The van der Waals surface area contributed by atoms with Gasteiger partial charge in [0.15, 0.2) is 0 Å². The minimum Gasteiger partial charge on any atom is -0.507 e. The fourth-order valence-corrected chi connectivity index (χ4v) is 4.32. The topological polar surface area (TPSA) is 79.7 Å². The van der Waals surface area contributed by atoms with Gasteiger partial charge in [0.25, 0.3) is 11.7 Å². The number of anilines is 1. The number of aliphatic hydroxyl groups is 1. The molecule has 0 saturated carbocycles. The molecule has 1 unspecified atom stereocenters. The quantitative estimate of drug-likeness (QED) is 0.293. The van der Waals surface area contributed by atoms with Gasteiger partial charge in [-0.3, -0.25) is 19.5 Å². The highest BCUT2D eigenvalue weighted by molar-refractivity contribution is 6.51. The lowest BCUT2D eigenvalue weighted by Crippen LogP contribution is -2.29. The number of ether oxygens (including phenoxy) is 1. The summed E-state index contributed by atoms with van der Waals surface area (Å²) >= 11 is 0. The van der Waals surface area contributed by atoms with Crippen LogP contribution in [0.25, 0.3) is 5.76 Å². The molecule has 3 aromatic rings. The van der Waals surface area contributed by atoms with Gasteiger partial charge in [-0.2, -0.15) is 0 Å². The van der Waals surface area contributed by atoms with E-state index < -0.39 is 17.7 Å². The van der Waals surface area contributed by atoms with Gasteiger partial charge in [-0.25, -0.2) is 0 Å². The molecule has 1 fully saturated rings. The molecule has 180 valence electrons. The van der Waals surface area contributed by atoms with Gasteiger partial charge >= 0.3 is 0 Å². The highest BCUT2D eigenvalue weighted by atomic mass is 16.5. The highest BCUT2D eigenvalue weighted by Crippen LogP contribution is 2.42. The number of hydrogen-bond donors (Lipinski definition) is 1. The van der Waals surface area contributed by atoms with Gasteiger partial charge in [0.2, 0.25) is 0 Å². The number of aromatic nitrogens is 1. The Morgan fingerprint density at radius 3 is 2.37 bits per heavy atom. The van der Waals surface area contributed by atoms with Gasteiger partial charge in [-0.15, -0.1) is 0 Å². The molecule has 1 aromatic heterocycles. The SMILES string of the molecule is CCOc1ccc(/C(O)=C2/C(=O)C(=O)N(c3ccc(C)cc3)C2c2ccccn2)cc1C(C)(C)C. The molecule has 1 aliphatic rings. The van der Waals surface area contributed by atoms with Gasteiger partial charge in [-0.05, 0) is 61.7 Å². The molecule has 1 amide bonds. The second-order valence-corrected chi connectivity index (χ2v) is 9.65. The fraction of sp³-hybridized carbons (Fsp3) is 0.276. The van der Waals surface area contributed by atoms with Crippen molar-refractivity contribution in [1.29, 1.82) is 0 Å². The van der Waals surface area contributed by atoms with Gasteiger partial charge in [-0.1, -0.05) is 44.5 Å². The molecule has 0 bridgehead atoms. The van der Waals surface area contributed by atoms with E-state index in [9.17, 15) is 14.7 Å². The number of benzene rings is 2. The predicted octanol–water partition coefficient (Wildman–Crippen LogP) is 5.71. The van der Waals surface area contributed by atoms with Crippen molar-refractivity contribution in [3.63, 3.8) is 0 Å². The molecule has 2 heterocycles. The van der Waals surface area contributed by atoms with E-state index in [2.05, 4.69) is 25.8 Å². The van der Waals surface area contributed by atoms with Crippen molar-refractivity contribution in [1.82, 2.24) is 4.98 Å². The minimum atomic E-state index is -0.858. The Kier molecular flexibility index (Phi) is 6.48. The van der Waals surface area contributed by atoms with Crippen LogP contribution in [0, 0.1) is 6.92 Å². The number of pyridine rings is 1. The summed E-state index contributed by atoms with van der Waals surface area (Å²) in [5.74, 6) is -0.960. The van der Waals surface area contributed by atoms with Gasteiger partial charge < -0.3 is 9.84 Å². The second kappa shape index (κ2) is 9.37. The Balaban J connectivity index is 1.93. The van der Waals surface area contributed by atoms with Crippen molar-refractivity contribution in [3.05, 3.63) is 94.8 Å². The molecule has 1 atom stereocenters. The number of Topliss-reactive ketones (excluding diaryl/α,β-unsaturated/α-hetero) is 1. The Hall–Kier alpha value is -3.93. The van der Waals surface area contributed by atoms with Crippen molar-refractivity contribution in [2.75, 3.05) is 11.5 Å². The third kappa shape index (κ3) is 4.56. The van der Waals surface area contributed by atoms with Gasteiger partial charge in [0.05, 0.1) is 17.9 Å². The molecule has 1 aliphatic heterocycles. The van der Waals surface area contributed by atoms with Crippen molar-refractivity contribution in [2.24, 2.45) is 0 Å². The van der Waals surface area contributed by atoms with Crippen molar-refractivity contribution >= 4 is 23.1 Å². The summed E-state index contributed by atoms with van der Waals surface area (Å²) in [6, 6.07) is 17.2. The molecule has 2 aromatic carbocycles. The summed E-state index contributed by atoms with van der Waals surface area (Å²) < 4.78 is 5.80. The number of aliphatic hydroxyl groups excluding tert-OH is 1. The lowest BCUT2D eigenvalue weighted by atomic mass is 9.84. The standard InChI is InChI=1S/C29H30N2O4/c1-6-35-23-15-12-19(17-21(23)29(3,4)5)26(32)24-25(22-9-7-8-16-30-22)31(28(34)27(24)33)20-13-10-18(2)11-14-20/h7-17,25,32H,6H2,1-5H3/b26-24-. The summed E-state index contributed by atoms with van der Waals surface area (Å²) in [5, 5.41) is 11.5. The first-order valence-electron chi connectivity index (χ1n) is 11.7. The molecule has 1 saturated heterocycles. The number of aryl methyl sites for hydroxylation is 1. The van der Waals surface area contributed by atoms with E-state index >= 15 is 0 Å². The third-order valence-electron chi connectivity index (χ3n) is 6.09. The third-order valence-corrected chi connectivity index (χ3v) is 6.09. The molecule has 1 N–H and O–H groups in total. The van der Waals surface area contributed by atoms with Crippen molar-refractivity contribution in [3.8, 4) is 5.75 Å². The average molecular weight is 471 g/mol. The molecular formula is C29H30N2O4. The van der Waals surface area contributed by atoms with Crippen LogP contribution in [0.4, 0.5) is 5.69 Å². The lowest BCUT2D eigenvalue weighted by Gasteiger charge is -2.25. The van der Waals surface area contributed by atoms with Crippen LogP contribution in [0.5, 0.6) is 5.75 Å². The number of rotatable bonds is 5. The molecule has 6 nitrogen and oxygen atoms in total. The number of hydrogen-bond acceptors (Lipinski definition) is 5. The first-order chi connectivity index (χ1) is 16.6. The molecular weight excluding hydrogens is 440 g/mol. The lowest BCUT2D eigenvalue weighted by molar-refractivity contribution is -0.132. The van der Waals surface area contributed by atoms with Crippen LogP contribution in [0.15, 0.2) is 72.4 Å². The number of carbonyl (C=O) groups is 2. The monoisotopic (exact) mass is 470 g/mol. The summed E-state index contributed by atoms with van der Waals surface area (Å²) in [4.78, 5) is 32.5. The molecule has 4 rings (SSSR count). The van der Waals surface area contributed by atoms with E-state index in [0.717, 1.165) is 16.9 Å². The summed E-state index contributed by atoms with van der Waals surface area (Å²) in [6.45, 7) is 10.5. The van der Waals surface area contributed by atoms with Crippen LogP contribution in [-0.4, -0.2) is 28.4 Å². The van der Waals surface area contributed by atoms with Crippen LogP contribution in [0.1, 0.15) is 56.1 Å². The zero-order valence-electron chi connectivity index (χ0n) is 20.7.